The van der Waals surface area contributed by atoms with Gasteiger partial charge in [-0.15, -0.1) is 0 Å². The van der Waals surface area contributed by atoms with Gasteiger partial charge in [0.2, 0.25) is 11.8 Å². The van der Waals surface area contributed by atoms with E-state index in [0.717, 1.165) is 32.1 Å². The van der Waals surface area contributed by atoms with E-state index >= 15 is 19.2 Å². The predicted molar refractivity (Wildman–Crippen MR) is 393 cm³/mol. The molecule has 2 aliphatic heterocycles. The van der Waals surface area contributed by atoms with Crippen LogP contribution in [0.25, 0.3) is 43.1 Å². The average molecular weight is 1340 g/mol. The van der Waals surface area contributed by atoms with Crippen molar-refractivity contribution < 1.29 is 47.7 Å². The number of nitrogens with zero attached hydrogens (tertiary/aromatic N) is 4. The fourth-order valence-corrected chi connectivity index (χ4v) is 13.7. The summed E-state index contributed by atoms with van der Waals surface area (Å²) in [6.45, 7) is 32.5. The Kier molecular flexibility index (Phi) is 16.9. The third-order valence-electron chi connectivity index (χ3n) is 19.0. The number of amides is 6. The largest absolute Gasteiger partial charge is 0.457 e. The minimum atomic E-state index is -1.36. The van der Waals surface area contributed by atoms with Gasteiger partial charge in [-0.3, -0.25) is 48.5 Å². The van der Waals surface area contributed by atoms with E-state index in [-0.39, 0.29) is 77.7 Å². The van der Waals surface area contributed by atoms with Crippen LogP contribution < -0.4 is 29.6 Å². The molecule has 6 amide bonds. The number of benzene rings is 9. The molecule has 0 radical (unpaired) electrons. The number of rotatable bonds is 16. The van der Waals surface area contributed by atoms with Crippen LogP contribution in [0.4, 0.5) is 11.4 Å². The summed E-state index contributed by atoms with van der Waals surface area (Å²) in [4.78, 5) is 105. The van der Waals surface area contributed by atoms with Crippen LogP contribution in [0.1, 0.15) is 174 Å². The molecule has 100 heavy (non-hydrogen) atoms. The van der Waals surface area contributed by atoms with E-state index in [9.17, 15) is 9.59 Å². The second-order valence-electron chi connectivity index (χ2n) is 31.0. The standard InChI is InChI=1S/C84H82N6O10/c1-45(2)73(75(91)87-51-33-37-85-38-34-51)89-77(93)57-41-61(97-53-25-17-47(18-26-53)81(5,6)7)67-69-63(99-55-29-21-49(22-30-55)83(11,12)13)43-59-66-60(80(96)90(79(59)95)74(46(3)4)76(92)88-52-35-39-86-40-36-52)44-64(100-56-31-23-50(24-32-56)84(14,15)16)70(72(66)69)68-62(42-58(78(89)94)65(57)71(67)68)98-54-27-19-48(20-28-54)82(8,9)10/h17-46,73-74H,1-16H3,(H,85,87,91)(H,86,88,92). The van der Waals surface area contributed by atoms with Gasteiger partial charge in [-0.2, -0.15) is 0 Å². The Morgan fingerprint density at radius 3 is 0.750 bits per heavy atom. The highest BCUT2D eigenvalue weighted by Gasteiger charge is 2.47. The van der Waals surface area contributed by atoms with Crippen molar-refractivity contribution in [3.05, 3.63) is 215 Å². The van der Waals surface area contributed by atoms with Crippen molar-refractivity contribution in [3.63, 3.8) is 0 Å². The minimum absolute atomic E-state index is 0.0274. The summed E-state index contributed by atoms with van der Waals surface area (Å²) in [5.41, 5.74) is 4.02. The van der Waals surface area contributed by atoms with Gasteiger partial charge in [-0.25, -0.2) is 0 Å². The Bertz CT molecular complexity index is 4530. The first-order valence-corrected chi connectivity index (χ1v) is 33.9. The number of carbonyl (C=O) groups is 6. The highest BCUT2D eigenvalue weighted by Crippen LogP contribution is 2.58. The maximum atomic E-state index is 16.3. The van der Waals surface area contributed by atoms with Gasteiger partial charge in [0.1, 0.15) is 58.1 Å². The highest BCUT2D eigenvalue weighted by atomic mass is 16.5. The van der Waals surface area contributed by atoms with Crippen molar-refractivity contribution in [2.75, 3.05) is 10.6 Å². The topological polar surface area (TPSA) is 196 Å². The van der Waals surface area contributed by atoms with Crippen LogP contribution in [0.2, 0.25) is 0 Å². The fourth-order valence-electron chi connectivity index (χ4n) is 13.7. The first kappa shape index (κ1) is 67.6. The number of imide groups is 2. The van der Waals surface area contributed by atoms with Crippen LogP contribution in [-0.4, -0.2) is 67.3 Å². The molecule has 0 bridgehead atoms. The summed E-state index contributed by atoms with van der Waals surface area (Å²) in [7, 11) is 0. The molecule has 16 nitrogen and oxygen atoms in total. The molecular weight excluding hydrogens is 1250 g/mol. The number of anilines is 2. The van der Waals surface area contributed by atoms with E-state index in [2.05, 4.69) is 104 Å². The van der Waals surface area contributed by atoms with Crippen molar-refractivity contribution in [2.45, 2.75) is 145 Å². The summed E-state index contributed by atoms with van der Waals surface area (Å²) in [5, 5.41) is 8.14. The van der Waals surface area contributed by atoms with E-state index in [1.807, 2.05) is 97.1 Å². The van der Waals surface area contributed by atoms with Crippen molar-refractivity contribution in [1.29, 1.82) is 0 Å². The van der Waals surface area contributed by atoms with Crippen LogP contribution in [0.5, 0.6) is 46.0 Å². The Morgan fingerprint density at radius 2 is 0.550 bits per heavy atom. The molecule has 13 rings (SSSR count). The molecule has 0 saturated heterocycles. The average Bonchev–Trinajstić information content (AvgIpc) is 0.671. The summed E-state index contributed by atoms with van der Waals surface area (Å²) < 4.78 is 29.3. The maximum Gasteiger partial charge on any atom is 0.262 e. The molecule has 0 fully saturated rings. The molecule has 16 heteroatoms. The summed E-state index contributed by atoms with van der Waals surface area (Å²) in [6.07, 6.45) is 6.14. The van der Waals surface area contributed by atoms with Gasteiger partial charge in [-0.05, 0) is 153 Å². The van der Waals surface area contributed by atoms with Crippen LogP contribution in [0, 0.1) is 11.8 Å². The van der Waals surface area contributed by atoms with Crippen molar-refractivity contribution in [1.82, 2.24) is 19.8 Å². The lowest BCUT2D eigenvalue weighted by atomic mass is 9.80. The number of ether oxygens (including phenoxy) is 4. The van der Waals surface area contributed by atoms with E-state index in [1.165, 1.54) is 24.8 Å². The third kappa shape index (κ3) is 12.3. The van der Waals surface area contributed by atoms with E-state index in [4.69, 9.17) is 18.9 Å². The molecule has 2 N–H and O–H groups in total. The van der Waals surface area contributed by atoms with Crippen LogP contribution >= 0.6 is 0 Å². The molecule has 2 atom stereocenters. The smallest absolute Gasteiger partial charge is 0.262 e. The Morgan fingerprint density at radius 1 is 0.330 bits per heavy atom. The molecule has 508 valence electrons. The number of carbonyl (C=O) groups excluding carboxylic acids is 6. The second-order valence-corrected chi connectivity index (χ2v) is 31.0. The number of fused-ring (bicyclic) bond motifs is 2. The van der Waals surface area contributed by atoms with Gasteiger partial charge in [0, 0.05) is 79.3 Å². The van der Waals surface area contributed by atoms with Crippen molar-refractivity contribution in [2.24, 2.45) is 11.8 Å². The first-order valence-electron chi connectivity index (χ1n) is 33.9. The lowest BCUT2D eigenvalue weighted by Crippen LogP contribution is -2.54. The monoisotopic (exact) mass is 1330 g/mol. The zero-order valence-corrected chi connectivity index (χ0v) is 59.3. The molecule has 4 heterocycles. The Balaban J connectivity index is 1.21. The third-order valence-corrected chi connectivity index (χ3v) is 19.0. The second kappa shape index (κ2) is 25.1. The molecule has 2 aromatic heterocycles. The van der Waals surface area contributed by atoms with Crippen LogP contribution in [0.15, 0.2) is 170 Å². The highest BCUT2D eigenvalue weighted by molar-refractivity contribution is 6.45. The van der Waals surface area contributed by atoms with Gasteiger partial charge < -0.3 is 29.6 Å². The van der Waals surface area contributed by atoms with Gasteiger partial charge in [0.25, 0.3) is 23.6 Å². The van der Waals surface area contributed by atoms with Crippen molar-refractivity contribution >= 4 is 89.9 Å². The summed E-state index contributed by atoms with van der Waals surface area (Å²) >= 11 is 0. The number of hydrogen-bond donors (Lipinski definition) is 2. The number of hydrogen-bond acceptors (Lipinski definition) is 12. The van der Waals surface area contributed by atoms with Gasteiger partial charge in [0.05, 0.1) is 22.3 Å². The zero-order valence-electron chi connectivity index (χ0n) is 59.3. The lowest BCUT2D eigenvalue weighted by molar-refractivity contribution is -0.121. The van der Waals surface area contributed by atoms with Gasteiger partial charge in [0.15, 0.2) is 0 Å². The molecular formula is C84H82N6O10. The number of aromatic nitrogens is 2. The molecule has 0 spiro atoms. The maximum absolute atomic E-state index is 16.3. The molecule has 11 aromatic rings. The molecule has 0 saturated carbocycles. The minimum Gasteiger partial charge on any atom is -0.457 e. The lowest BCUT2D eigenvalue weighted by Gasteiger charge is -2.37. The molecule has 0 aliphatic carbocycles. The van der Waals surface area contributed by atoms with Crippen LogP contribution in [0.3, 0.4) is 0 Å². The SMILES string of the molecule is CC(C)C(C(=O)Nc1ccncc1)N1C(=O)c2cc(Oc3ccc(C(C)(C)C)cc3)c3c4c(Oc5ccc(C(C)(C)C)cc5)cc5c6c(cc(Oc7ccc(C(C)(C)C)cc7)c(c7c(Oc8ccc(C(C)(C)C)cc8)cc(c2c37)C1=O)c64)C(=O)N(C(C(=O)Nc1ccncc1)C(C)C)C5=O. The summed E-state index contributed by atoms with van der Waals surface area (Å²) in [6, 6.07) is 40.9. The zero-order chi connectivity index (χ0) is 71.4. The first-order chi connectivity index (χ1) is 47.3. The van der Waals surface area contributed by atoms with E-state index in [0.29, 0.717) is 66.7 Å². The normalized spacial score (nSPS) is 14.2. The summed E-state index contributed by atoms with van der Waals surface area (Å²) in [5.74, 6) is -3.62. The Hall–Kier alpha value is -11.0. The molecule has 9 aromatic carbocycles. The van der Waals surface area contributed by atoms with E-state index < -0.39 is 59.4 Å². The van der Waals surface area contributed by atoms with Gasteiger partial charge in [-0.1, -0.05) is 159 Å². The van der Waals surface area contributed by atoms with E-state index in [1.54, 1.807) is 76.2 Å². The Labute approximate surface area is 582 Å². The molecule has 2 aliphatic rings. The molecule has 2 unspecified atom stereocenters. The predicted octanol–water partition coefficient (Wildman–Crippen LogP) is 19.4. The quantitative estimate of drug-likeness (QED) is 0.0528. The van der Waals surface area contributed by atoms with Crippen molar-refractivity contribution in [3.8, 4) is 46.0 Å². The van der Waals surface area contributed by atoms with Crippen LogP contribution in [-0.2, 0) is 31.2 Å². The number of nitrogens with one attached hydrogen (secondary N) is 2. The fraction of sp³-hybridized carbons (Fsp3) is 0.286. The van der Waals surface area contributed by atoms with Gasteiger partial charge >= 0.3 is 0 Å². The number of pyridine rings is 2.